The Morgan fingerprint density at radius 2 is 2.00 bits per heavy atom. The minimum atomic E-state index is -3.70. The Labute approximate surface area is 122 Å². The fourth-order valence-corrected chi connectivity index (χ4v) is 4.79. The molecule has 0 amide bonds. The number of hydrogen-bond donors (Lipinski definition) is 2. The van der Waals surface area contributed by atoms with E-state index >= 15 is 0 Å². The standard InChI is InChI=1S/C12H18N2O4S2/c1-8-5-9(2)7-14(6-8)20(17,18)13-10-3-4-19-11(10)12(15)16/h3-4,8-9,13H,5-7H2,1-2H3,(H,15,16). The molecule has 6 nitrogen and oxygen atoms in total. The molecule has 0 aliphatic carbocycles. The highest BCUT2D eigenvalue weighted by Gasteiger charge is 2.31. The monoisotopic (exact) mass is 318 g/mol. The molecule has 1 aliphatic heterocycles. The smallest absolute Gasteiger partial charge is 0.348 e. The zero-order chi connectivity index (χ0) is 14.9. The molecule has 2 heterocycles. The van der Waals surface area contributed by atoms with Gasteiger partial charge in [0.15, 0.2) is 0 Å². The van der Waals surface area contributed by atoms with Crippen molar-refractivity contribution in [3.8, 4) is 0 Å². The lowest BCUT2D eigenvalue weighted by Crippen LogP contribution is -2.45. The van der Waals surface area contributed by atoms with Gasteiger partial charge in [0, 0.05) is 13.1 Å². The lowest BCUT2D eigenvalue weighted by Gasteiger charge is -2.33. The van der Waals surface area contributed by atoms with Crippen LogP contribution in [0.1, 0.15) is 29.9 Å². The van der Waals surface area contributed by atoms with E-state index < -0.39 is 16.2 Å². The molecular formula is C12H18N2O4S2. The first-order valence-electron chi connectivity index (χ1n) is 6.38. The molecule has 0 spiro atoms. The van der Waals surface area contributed by atoms with E-state index in [9.17, 15) is 13.2 Å². The van der Waals surface area contributed by atoms with Gasteiger partial charge in [-0.3, -0.25) is 4.72 Å². The average molecular weight is 318 g/mol. The number of anilines is 1. The molecule has 1 fully saturated rings. The lowest BCUT2D eigenvalue weighted by atomic mass is 9.94. The van der Waals surface area contributed by atoms with Crippen LogP contribution in [0.15, 0.2) is 11.4 Å². The van der Waals surface area contributed by atoms with E-state index in [-0.39, 0.29) is 10.6 Å². The van der Waals surface area contributed by atoms with Gasteiger partial charge in [0.05, 0.1) is 5.69 Å². The van der Waals surface area contributed by atoms with E-state index in [1.807, 2.05) is 13.8 Å². The third-order valence-corrected chi connectivity index (χ3v) is 5.63. The maximum atomic E-state index is 12.3. The molecule has 2 unspecified atom stereocenters. The number of hydrogen-bond acceptors (Lipinski definition) is 4. The number of carboxylic acids is 1. The van der Waals surface area contributed by atoms with Gasteiger partial charge in [-0.05, 0) is 29.7 Å². The normalized spacial score (nSPS) is 24.5. The van der Waals surface area contributed by atoms with Crippen LogP contribution in [0.2, 0.25) is 0 Å². The molecule has 2 atom stereocenters. The zero-order valence-electron chi connectivity index (χ0n) is 11.4. The van der Waals surface area contributed by atoms with Crippen molar-refractivity contribution in [1.29, 1.82) is 0 Å². The molecule has 2 rings (SSSR count). The number of thiophene rings is 1. The van der Waals surface area contributed by atoms with E-state index in [1.165, 1.54) is 10.4 Å². The summed E-state index contributed by atoms with van der Waals surface area (Å²) >= 11 is 1.00. The summed E-state index contributed by atoms with van der Waals surface area (Å²) in [6, 6.07) is 1.47. The second-order valence-corrected chi connectivity index (χ2v) is 7.93. The number of rotatable bonds is 4. The van der Waals surface area contributed by atoms with Crippen LogP contribution >= 0.6 is 11.3 Å². The van der Waals surface area contributed by atoms with E-state index in [2.05, 4.69) is 4.72 Å². The van der Waals surface area contributed by atoms with Crippen molar-refractivity contribution in [3.63, 3.8) is 0 Å². The molecule has 1 aromatic rings. The maximum Gasteiger partial charge on any atom is 0.348 e. The van der Waals surface area contributed by atoms with Crippen LogP contribution in [0.4, 0.5) is 5.69 Å². The van der Waals surface area contributed by atoms with Gasteiger partial charge >= 0.3 is 16.2 Å². The summed E-state index contributed by atoms with van der Waals surface area (Å²) in [5.74, 6) is -0.522. The fourth-order valence-electron chi connectivity index (χ4n) is 2.56. The topological polar surface area (TPSA) is 86.7 Å². The van der Waals surface area contributed by atoms with Crippen LogP contribution in [0.5, 0.6) is 0 Å². The number of carboxylic acid groups (broad SMARTS) is 1. The first kappa shape index (κ1) is 15.3. The average Bonchev–Trinajstić information content (AvgIpc) is 2.75. The Morgan fingerprint density at radius 1 is 1.40 bits per heavy atom. The predicted octanol–water partition coefficient (Wildman–Crippen LogP) is 2.08. The van der Waals surface area contributed by atoms with Crippen LogP contribution in [-0.2, 0) is 10.2 Å². The van der Waals surface area contributed by atoms with Crippen LogP contribution in [0.25, 0.3) is 0 Å². The molecular weight excluding hydrogens is 300 g/mol. The van der Waals surface area contributed by atoms with Crippen LogP contribution < -0.4 is 4.72 Å². The second-order valence-electron chi connectivity index (χ2n) is 5.34. The Kier molecular flexibility index (Phi) is 4.36. The molecule has 0 aromatic carbocycles. The van der Waals surface area contributed by atoms with Gasteiger partial charge in [-0.25, -0.2) is 4.79 Å². The zero-order valence-corrected chi connectivity index (χ0v) is 13.0. The molecule has 2 N–H and O–H groups in total. The van der Waals surface area contributed by atoms with Gasteiger partial charge in [-0.2, -0.15) is 12.7 Å². The molecule has 0 saturated carbocycles. The lowest BCUT2D eigenvalue weighted by molar-refractivity contribution is 0.0703. The van der Waals surface area contributed by atoms with Gasteiger partial charge in [0.2, 0.25) is 0 Å². The first-order chi connectivity index (χ1) is 9.29. The van der Waals surface area contributed by atoms with Crippen molar-refractivity contribution in [1.82, 2.24) is 4.31 Å². The summed E-state index contributed by atoms with van der Waals surface area (Å²) in [4.78, 5) is 11.0. The SMILES string of the molecule is CC1CC(C)CN(S(=O)(=O)Nc2ccsc2C(=O)O)C1. The summed E-state index contributed by atoms with van der Waals surface area (Å²) in [5, 5.41) is 10.6. The van der Waals surface area contributed by atoms with Crippen LogP contribution in [0, 0.1) is 11.8 Å². The third-order valence-electron chi connectivity index (χ3n) is 3.27. The van der Waals surface area contributed by atoms with Crippen molar-refractivity contribution in [2.75, 3.05) is 17.8 Å². The highest BCUT2D eigenvalue weighted by Crippen LogP contribution is 2.27. The van der Waals surface area contributed by atoms with Gasteiger partial charge in [0.1, 0.15) is 4.88 Å². The predicted molar refractivity (Wildman–Crippen MR) is 78.3 cm³/mol. The second kappa shape index (κ2) is 5.71. The van der Waals surface area contributed by atoms with Crippen molar-refractivity contribution < 1.29 is 18.3 Å². The molecule has 1 saturated heterocycles. The number of piperidine rings is 1. The molecule has 0 radical (unpaired) electrons. The Bertz CT molecular complexity index is 586. The Balaban J connectivity index is 2.18. The van der Waals surface area contributed by atoms with Crippen LogP contribution in [-0.4, -0.2) is 36.9 Å². The van der Waals surface area contributed by atoms with Crippen molar-refractivity contribution in [2.45, 2.75) is 20.3 Å². The van der Waals surface area contributed by atoms with Gasteiger partial charge in [-0.15, -0.1) is 11.3 Å². The highest BCUT2D eigenvalue weighted by molar-refractivity contribution is 7.90. The third kappa shape index (κ3) is 3.31. The maximum absolute atomic E-state index is 12.3. The molecule has 1 aliphatic rings. The minimum absolute atomic E-state index is 0.00619. The number of aromatic carboxylic acids is 1. The van der Waals surface area contributed by atoms with E-state index in [1.54, 1.807) is 5.38 Å². The van der Waals surface area contributed by atoms with Crippen molar-refractivity contribution in [2.24, 2.45) is 11.8 Å². The first-order valence-corrected chi connectivity index (χ1v) is 8.70. The molecule has 0 bridgehead atoms. The Morgan fingerprint density at radius 3 is 2.55 bits per heavy atom. The summed E-state index contributed by atoms with van der Waals surface area (Å²) in [7, 11) is -3.70. The van der Waals surface area contributed by atoms with E-state index in [0.717, 1.165) is 17.8 Å². The summed E-state index contributed by atoms with van der Waals surface area (Å²) in [6.45, 7) is 4.97. The summed E-state index contributed by atoms with van der Waals surface area (Å²) in [5.41, 5.74) is 0.133. The summed E-state index contributed by atoms with van der Waals surface area (Å²) in [6.07, 6.45) is 1.00. The number of nitrogens with one attached hydrogen (secondary N) is 1. The van der Waals surface area contributed by atoms with Gasteiger partial charge in [0.25, 0.3) is 0 Å². The minimum Gasteiger partial charge on any atom is -0.477 e. The van der Waals surface area contributed by atoms with E-state index in [4.69, 9.17) is 5.11 Å². The van der Waals surface area contributed by atoms with Crippen molar-refractivity contribution in [3.05, 3.63) is 16.3 Å². The molecule has 1 aromatic heterocycles. The number of nitrogens with zero attached hydrogens (tertiary/aromatic N) is 1. The fraction of sp³-hybridized carbons (Fsp3) is 0.583. The largest absolute Gasteiger partial charge is 0.477 e. The number of carbonyl (C=O) groups is 1. The molecule has 20 heavy (non-hydrogen) atoms. The van der Waals surface area contributed by atoms with Gasteiger partial charge in [-0.1, -0.05) is 13.8 Å². The molecule has 8 heteroatoms. The van der Waals surface area contributed by atoms with Gasteiger partial charge < -0.3 is 5.11 Å². The quantitative estimate of drug-likeness (QED) is 0.890. The van der Waals surface area contributed by atoms with Crippen LogP contribution in [0.3, 0.4) is 0 Å². The summed E-state index contributed by atoms with van der Waals surface area (Å²) < 4.78 is 28.5. The van der Waals surface area contributed by atoms with Crippen molar-refractivity contribution >= 4 is 33.2 Å². The molecule has 112 valence electrons. The Hall–Kier alpha value is -1.12. The highest BCUT2D eigenvalue weighted by atomic mass is 32.2. The van der Waals surface area contributed by atoms with E-state index in [0.29, 0.717) is 24.9 Å².